The van der Waals surface area contributed by atoms with Crippen LogP contribution in [0.1, 0.15) is 18.9 Å². The van der Waals surface area contributed by atoms with Gasteiger partial charge < -0.3 is 0 Å². The molecule has 1 aliphatic rings. The van der Waals surface area contributed by atoms with Crippen LogP contribution in [-0.4, -0.2) is 45.8 Å². The maximum atomic E-state index is 12.8. The summed E-state index contributed by atoms with van der Waals surface area (Å²) in [5.74, 6) is 0. The molecule has 1 N–H and O–H groups in total. The van der Waals surface area contributed by atoms with E-state index in [-0.39, 0.29) is 6.04 Å². The number of hydrogen-bond acceptors (Lipinski definition) is 4. The first-order valence-electron chi connectivity index (χ1n) is 7.57. The van der Waals surface area contributed by atoms with Crippen LogP contribution < -0.4 is 0 Å². The molecular weight excluding hydrogens is 314 g/mol. The number of aromatic amines is 1. The Morgan fingerprint density at radius 2 is 2.04 bits per heavy atom. The summed E-state index contributed by atoms with van der Waals surface area (Å²) in [7, 11) is -3.47. The molecule has 23 heavy (non-hydrogen) atoms. The van der Waals surface area contributed by atoms with Crippen LogP contribution in [0, 0.1) is 0 Å². The minimum Gasteiger partial charge on any atom is -0.278 e. The third-order valence-corrected chi connectivity index (χ3v) is 6.27. The van der Waals surface area contributed by atoms with Crippen molar-refractivity contribution in [1.29, 1.82) is 0 Å². The Balaban J connectivity index is 1.55. The van der Waals surface area contributed by atoms with Crippen LogP contribution >= 0.6 is 0 Å². The van der Waals surface area contributed by atoms with E-state index in [0.29, 0.717) is 18.0 Å². The molecule has 0 bridgehead atoms. The molecule has 4 rings (SSSR count). The van der Waals surface area contributed by atoms with E-state index < -0.39 is 10.0 Å². The largest absolute Gasteiger partial charge is 0.278 e. The van der Waals surface area contributed by atoms with E-state index in [9.17, 15) is 8.42 Å². The number of H-pyrrole nitrogens is 1. The zero-order chi connectivity index (χ0) is 15.9. The van der Waals surface area contributed by atoms with Crippen molar-refractivity contribution in [2.45, 2.75) is 23.8 Å². The lowest BCUT2D eigenvalue weighted by Crippen LogP contribution is -2.39. The van der Waals surface area contributed by atoms with E-state index in [4.69, 9.17) is 0 Å². The fraction of sp³-hybridized carbons (Fsp3) is 0.333. The Morgan fingerprint density at radius 3 is 2.78 bits per heavy atom. The van der Waals surface area contributed by atoms with Crippen molar-refractivity contribution in [3.05, 3.63) is 42.9 Å². The number of benzene rings is 1. The van der Waals surface area contributed by atoms with Gasteiger partial charge in [0.15, 0.2) is 0 Å². The molecule has 0 unspecified atom stereocenters. The molecule has 1 aromatic carbocycles. The van der Waals surface area contributed by atoms with Gasteiger partial charge in [0.2, 0.25) is 10.0 Å². The minimum atomic E-state index is -3.47. The summed E-state index contributed by atoms with van der Waals surface area (Å²) in [5, 5.41) is 11.9. The summed E-state index contributed by atoms with van der Waals surface area (Å²) in [6.07, 6.45) is 6.91. The summed E-state index contributed by atoms with van der Waals surface area (Å²) >= 11 is 0. The third-order valence-electron chi connectivity index (χ3n) is 4.37. The van der Waals surface area contributed by atoms with Crippen LogP contribution in [0.4, 0.5) is 0 Å². The normalized spacial score (nSPS) is 17.7. The molecule has 0 spiro atoms. The monoisotopic (exact) mass is 331 g/mol. The molecule has 0 radical (unpaired) electrons. The second kappa shape index (κ2) is 5.47. The van der Waals surface area contributed by atoms with Gasteiger partial charge in [0, 0.05) is 30.9 Å². The first-order chi connectivity index (χ1) is 11.1. The fourth-order valence-electron chi connectivity index (χ4n) is 3.07. The number of piperidine rings is 1. The molecule has 8 heteroatoms. The Kier molecular flexibility index (Phi) is 3.42. The summed E-state index contributed by atoms with van der Waals surface area (Å²) in [6.45, 7) is 1.02. The van der Waals surface area contributed by atoms with Gasteiger partial charge in [-0.3, -0.25) is 9.78 Å². The topological polar surface area (TPSA) is 83.9 Å². The minimum absolute atomic E-state index is 0.270. The van der Waals surface area contributed by atoms with Crippen LogP contribution in [0.5, 0.6) is 0 Å². The fourth-order valence-corrected chi connectivity index (χ4v) is 4.57. The molecule has 0 aliphatic carbocycles. The molecule has 1 fully saturated rings. The van der Waals surface area contributed by atoms with E-state index in [0.717, 1.165) is 23.7 Å². The predicted octanol–water partition coefficient (Wildman–Crippen LogP) is 1.79. The Hall–Kier alpha value is -2.19. The zero-order valence-corrected chi connectivity index (χ0v) is 13.3. The molecular formula is C15H17N5O2S. The van der Waals surface area contributed by atoms with Gasteiger partial charge in [-0.25, -0.2) is 8.42 Å². The van der Waals surface area contributed by atoms with Crippen molar-refractivity contribution in [3.63, 3.8) is 0 Å². The SMILES string of the molecule is O=S(=O)(c1ccc2cn[nH]c2c1)N1CCC(n2cccn2)CC1. The second-order valence-electron chi connectivity index (χ2n) is 5.74. The van der Waals surface area contributed by atoms with Gasteiger partial charge >= 0.3 is 0 Å². The van der Waals surface area contributed by atoms with Gasteiger partial charge in [0.05, 0.1) is 22.7 Å². The number of aromatic nitrogens is 4. The lowest BCUT2D eigenvalue weighted by Gasteiger charge is -2.31. The second-order valence-corrected chi connectivity index (χ2v) is 7.68. The molecule has 7 nitrogen and oxygen atoms in total. The van der Waals surface area contributed by atoms with Crippen molar-refractivity contribution >= 4 is 20.9 Å². The van der Waals surface area contributed by atoms with Crippen LogP contribution in [-0.2, 0) is 10.0 Å². The number of fused-ring (bicyclic) bond motifs is 1. The predicted molar refractivity (Wildman–Crippen MR) is 85.4 cm³/mol. The highest BCUT2D eigenvalue weighted by Gasteiger charge is 2.30. The molecule has 0 saturated carbocycles. The standard InChI is InChI=1S/C15H17N5O2S/c21-23(22,14-3-2-12-11-16-18-15(12)10-14)19-8-4-13(5-9-19)20-7-1-6-17-20/h1-3,6-7,10-11,13H,4-5,8-9H2,(H,16,18). The Labute approximate surface area is 134 Å². The molecule has 1 saturated heterocycles. The molecule has 0 atom stereocenters. The van der Waals surface area contributed by atoms with Gasteiger partial charge in [-0.15, -0.1) is 0 Å². The van der Waals surface area contributed by atoms with Crippen molar-refractivity contribution < 1.29 is 8.42 Å². The highest BCUT2D eigenvalue weighted by molar-refractivity contribution is 7.89. The molecule has 3 aromatic rings. The maximum absolute atomic E-state index is 12.8. The summed E-state index contributed by atoms with van der Waals surface area (Å²) < 4.78 is 29.1. The number of nitrogens with zero attached hydrogens (tertiary/aromatic N) is 4. The van der Waals surface area contributed by atoms with Crippen LogP contribution in [0.2, 0.25) is 0 Å². The van der Waals surface area contributed by atoms with Crippen molar-refractivity contribution in [1.82, 2.24) is 24.3 Å². The summed E-state index contributed by atoms with van der Waals surface area (Å²) in [5.41, 5.74) is 0.734. The van der Waals surface area contributed by atoms with Crippen LogP contribution in [0.15, 0.2) is 47.8 Å². The third kappa shape index (κ3) is 2.53. The zero-order valence-electron chi connectivity index (χ0n) is 12.5. The summed E-state index contributed by atoms with van der Waals surface area (Å²) in [6, 6.07) is 7.24. The first-order valence-corrected chi connectivity index (χ1v) is 9.01. The smallest absolute Gasteiger partial charge is 0.243 e. The average molecular weight is 331 g/mol. The molecule has 2 aromatic heterocycles. The lowest BCUT2D eigenvalue weighted by molar-refractivity contribution is 0.261. The molecule has 1 aliphatic heterocycles. The number of sulfonamides is 1. The van der Waals surface area contributed by atoms with Gasteiger partial charge in [0.25, 0.3) is 0 Å². The van der Waals surface area contributed by atoms with E-state index in [1.54, 1.807) is 34.9 Å². The molecule has 3 heterocycles. The van der Waals surface area contributed by atoms with Crippen LogP contribution in [0.25, 0.3) is 10.9 Å². The lowest BCUT2D eigenvalue weighted by atomic mass is 10.1. The highest BCUT2D eigenvalue weighted by Crippen LogP contribution is 2.27. The van der Waals surface area contributed by atoms with Gasteiger partial charge in [-0.1, -0.05) is 0 Å². The van der Waals surface area contributed by atoms with Crippen molar-refractivity contribution in [2.75, 3.05) is 13.1 Å². The number of nitrogens with one attached hydrogen (secondary N) is 1. The molecule has 0 amide bonds. The van der Waals surface area contributed by atoms with E-state index >= 15 is 0 Å². The van der Waals surface area contributed by atoms with Crippen LogP contribution in [0.3, 0.4) is 0 Å². The van der Waals surface area contributed by atoms with Gasteiger partial charge in [-0.05, 0) is 37.1 Å². The van der Waals surface area contributed by atoms with E-state index in [1.807, 2.05) is 16.9 Å². The first kappa shape index (κ1) is 14.4. The quantitative estimate of drug-likeness (QED) is 0.793. The van der Waals surface area contributed by atoms with Crippen molar-refractivity contribution in [2.24, 2.45) is 0 Å². The Bertz CT molecular complexity index is 908. The van der Waals surface area contributed by atoms with Gasteiger partial charge in [-0.2, -0.15) is 14.5 Å². The van der Waals surface area contributed by atoms with Crippen molar-refractivity contribution in [3.8, 4) is 0 Å². The number of hydrogen-bond donors (Lipinski definition) is 1. The molecule has 120 valence electrons. The van der Waals surface area contributed by atoms with Gasteiger partial charge in [0.1, 0.15) is 0 Å². The highest BCUT2D eigenvalue weighted by atomic mass is 32.2. The maximum Gasteiger partial charge on any atom is 0.243 e. The van der Waals surface area contributed by atoms with E-state index in [1.165, 1.54) is 0 Å². The number of rotatable bonds is 3. The Morgan fingerprint density at radius 1 is 1.22 bits per heavy atom. The average Bonchev–Trinajstić information content (AvgIpc) is 3.25. The summed E-state index contributed by atoms with van der Waals surface area (Å²) in [4.78, 5) is 0.312. The van der Waals surface area contributed by atoms with E-state index in [2.05, 4.69) is 15.3 Å².